The summed E-state index contributed by atoms with van der Waals surface area (Å²) in [6.45, 7) is 8.98. The Bertz CT molecular complexity index is 1450. The third kappa shape index (κ3) is 6.84. The SMILES string of the molecule is C=C1CC(CC(=O)O)c2ccc(OCc3cccc(-c4c(C)cc(OCCCS(C)(=O)=O)cc4C)c3)cc21. The molecule has 0 bridgehead atoms. The van der Waals surface area contributed by atoms with Crippen molar-refractivity contribution in [3.8, 4) is 22.6 Å². The van der Waals surface area contributed by atoms with Crippen molar-refractivity contribution >= 4 is 21.4 Å². The summed E-state index contributed by atoms with van der Waals surface area (Å²) in [5.74, 6) is 0.754. The summed E-state index contributed by atoms with van der Waals surface area (Å²) in [5.41, 5.74) is 8.38. The maximum atomic E-state index is 11.3. The third-order valence-electron chi connectivity index (χ3n) is 6.81. The number of fused-ring (bicyclic) bond motifs is 1. The van der Waals surface area contributed by atoms with E-state index in [0.29, 0.717) is 26.1 Å². The standard InChI is InChI=1S/C31H34O6S/c1-20-13-25(17-30(32)33)28-10-9-26(18-29(20)28)37-19-23-7-5-8-24(16-23)31-21(2)14-27(15-22(31)3)36-11-6-12-38(4,34)35/h5,7-10,14-16,18,25H,1,6,11-13,17,19H2,2-4H3,(H,32,33). The van der Waals surface area contributed by atoms with Gasteiger partial charge in [-0.2, -0.15) is 0 Å². The molecule has 0 saturated carbocycles. The number of carbonyl (C=O) groups is 1. The highest BCUT2D eigenvalue weighted by molar-refractivity contribution is 7.90. The van der Waals surface area contributed by atoms with Crippen LogP contribution in [0.3, 0.4) is 0 Å². The first kappa shape index (κ1) is 27.5. The summed E-state index contributed by atoms with van der Waals surface area (Å²) in [6, 6.07) is 18.1. The normalized spacial score (nSPS) is 14.8. The minimum atomic E-state index is -2.99. The van der Waals surface area contributed by atoms with Gasteiger partial charge in [0.1, 0.15) is 27.9 Å². The van der Waals surface area contributed by atoms with Gasteiger partial charge < -0.3 is 14.6 Å². The topological polar surface area (TPSA) is 89.9 Å². The van der Waals surface area contributed by atoms with Gasteiger partial charge in [-0.05, 0) is 107 Å². The first-order valence-electron chi connectivity index (χ1n) is 12.7. The zero-order valence-corrected chi connectivity index (χ0v) is 22.9. The summed E-state index contributed by atoms with van der Waals surface area (Å²) >= 11 is 0. The predicted molar refractivity (Wildman–Crippen MR) is 151 cm³/mol. The Hall–Kier alpha value is -3.58. The Morgan fingerprint density at radius 1 is 1.03 bits per heavy atom. The van der Waals surface area contributed by atoms with Crippen LogP contribution in [0.5, 0.6) is 11.5 Å². The minimum Gasteiger partial charge on any atom is -0.494 e. The van der Waals surface area contributed by atoms with E-state index in [1.54, 1.807) is 0 Å². The Labute approximate surface area is 224 Å². The van der Waals surface area contributed by atoms with Crippen molar-refractivity contribution in [3.63, 3.8) is 0 Å². The Kier molecular flexibility index (Phi) is 8.26. The van der Waals surface area contributed by atoms with E-state index >= 15 is 0 Å². The van der Waals surface area contributed by atoms with Gasteiger partial charge in [-0.15, -0.1) is 0 Å². The average molecular weight is 535 g/mol. The molecular formula is C31H34O6S. The first-order valence-corrected chi connectivity index (χ1v) is 14.7. The molecule has 0 heterocycles. The van der Waals surface area contributed by atoms with Crippen LogP contribution in [-0.2, 0) is 21.2 Å². The molecule has 3 aromatic carbocycles. The van der Waals surface area contributed by atoms with Crippen LogP contribution in [-0.4, -0.2) is 38.1 Å². The van der Waals surface area contributed by atoms with Gasteiger partial charge >= 0.3 is 5.97 Å². The smallest absolute Gasteiger partial charge is 0.303 e. The quantitative estimate of drug-likeness (QED) is 0.289. The Morgan fingerprint density at radius 3 is 2.45 bits per heavy atom. The molecule has 0 aromatic heterocycles. The molecule has 3 aromatic rings. The van der Waals surface area contributed by atoms with Crippen LogP contribution in [0.4, 0.5) is 0 Å². The molecule has 0 aliphatic heterocycles. The highest BCUT2D eigenvalue weighted by Crippen LogP contribution is 2.43. The minimum absolute atomic E-state index is 0.0310. The Morgan fingerprint density at radius 2 is 1.76 bits per heavy atom. The highest BCUT2D eigenvalue weighted by Gasteiger charge is 2.27. The van der Waals surface area contributed by atoms with Crippen LogP contribution in [0.2, 0.25) is 0 Å². The van der Waals surface area contributed by atoms with E-state index in [-0.39, 0.29) is 18.1 Å². The monoisotopic (exact) mass is 534 g/mol. The number of ether oxygens (including phenoxy) is 2. The van der Waals surface area contributed by atoms with E-state index in [1.165, 1.54) is 6.26 Å². The van der Waals surface area contributed by atoms with Gasteiger partial charge in [0.2, 0.25) is 0 Å². The number of hydrogen-bond acceptors (Lipinski definition) is 5. The second kappa shape index (κ2) is 11.4. The maximum Gasteiger partial charge on any atom is 0.303 e. The molecule has 1 unspecified atom stereocenters. The number of hydrogen-bond donors (Lipinski definition) is 1. The number of carboxylic acid groups (broad SMARTS) is 1. The van der Waals surface area contributed by atoms with Crippen molar-refractivity contribution < 1.29 is 27.8 Å². The molecule has 200 valence electrons. The van der Waals surface area contributed by atoms with Crippen molar-refractivity contribution in [1.82, 2.24) is 0 Å². The predicted octanol–water partition coefficient (Wildman–Crippen LogP) is 6.34. The molecule has 1 aliphatic carbocycles. The lowest BCUT2D eigenvalue weighted by atomic mass is 9.94. The summed E-state index contributed by atoms with van der Waals surface area (Å²) in [5, 5.41) is 9.19. The van der Waals surface area contributed by atoms with E-state index in [9.17, 15) is 18.3 Å². The van der Waals surface area contributed by atoms with Gasteiger partial charge in [-0.3, -0.25) is 4.79 Å². The maximum absolute atomic E-state index is 11.3. The molecule has 1 N–H and O–H groups in total. The molecule has 0 spiro atoms. The molecule has 4 rings (SSSR count). The molecule has 1 aliphatic rings. The molecule has 38 heavy (non-hydrogen) atoms. The fourth-order valence-corrected chi connectivity index (χ4v) is 5.80. The Balaban J connectivity index is 1.44. The number of rotatable bonds is 11. The number of aryl methyl sites for hydroxylation is 2. The molecule has 7 heteroatoms. The van der Waals surface area contributed by atoms with Crippen molar-refractivity contribution in [2.24, 2.45) is 0 Å². The van der Waals surface area contributed by atoms with Crippen molar-refractivity contribution in [3.05, 3.63) is 89.0 Å². The van der Waals surface area contributed by atoms with Gasteiger partial charge in [0, 0.05) is 6.26 Å². The first-order chi connectivity index (χ1) is 18.0. The zero-order valence-electron chi connectivity index (χ0n) is 22.1. The number of sulfone groups is 1. The second-order valence-corrected chi connectivity index (χ2v) is 12.4. The van der Waals surface area contributed by atoms with Gasteiger partial charge in [0.25, 0.3) is 0 Å². The lowest BCUT2D eigenvalue weighted by molar-refractivity contribution is -0.137. The summed E-state index contributed by atoms with van der Waals surface area (Å²) in [7, 11) is -2.99. The molecule has 0 fully saturated rings. The lowest BCUT2D eigenvalue weighted by Crippen LogP contribution is -2.08. The summed E-state index contributed by atoms with van der Waals surface area (Å²) < 4.78 is 34.6. The number of carboxylic acids is 1. The molecule has 1 atom stereocenters. The molecular weight excluding hydrogens is 500 g/mol. The second-order valence-electron chi connectivity index (χ2n) is 10.1. The largest absolute Gasteiger partial charge is 0.494 e. The lowest BCUT2D eigenvalue weighted by Gasteiger charge is -2.15. The van der Waals surface area contributed by atoms with Crippen LogP contribution in [0.1, 0.15) is 53.0 Å². The van der Waals surface area contributed by atoms with Crippen molar-refractivity contribution in [2.45, 2.75) is 45.6 Å². The van der Waals surface area contributed by atoms with Crippen LogP contribution >= 0.6 is 0 Å². The van der Waals surface area contributed by atoms with E-state index in [0.717, 1.165) is 56.0 Å². The molecule has 0 amide bonds. The van der Waals surface area contributed by atoms with Gasteiger partial charge in [-0.1, -0.05) is 30.8 Å². The van der Waals surface area contributed by atoms with Gasteiger partial charge in [-0.25, -0.2) is 8.42 Å². The van der Waals surface area contributed by atoms with Crippen LogP contribution in [0, 0.1) is 13.8 Å². The summed E-state index contributed by atoms with van der Waals surface area (Å²) in [4.78, 5) is 11.2. The van der Waals surface area contributed by atoms with Crippen LogP contribution < -0.4 is 9.47 Å². The number of aliphatic carboxylic acids is 1. The van der Waals surface area contributed by atoms with Gasteiger partial charge in [0.15, 0.2) is 0 Å². The van der Waals surface area contributed by atoms with E-state index in [2.05, 4.69) is 18.7 Å². The third-order valence-corrected chi connectivity index (χ3v) is 7.85. The highest BCUT2D eigenvalue weighted by atomic mass is 32.2. The van der Waals surface area contributed by atoms with Crippen molar-refractivity contribution in [1.29, 1.82) is 0 Å². The molecule has 0 radical (unpaired) electrons. The summed E-state index contributed by atoms with van der Waals surface area (Å²) in [6.07, 6.45) is 2.46. The number of allylic oxidation sites excluding steroid dienone is 1. The van der Waals surface area contributed by atoms with Crippen LogP contribution in [0.15, 0.2) is 61.2 Å². The van der Waals surface area contributed by atoms with Crippen LogP contribution in [0.25, 0.3) is 16.7 Å². The zero-order chi connectivity index (χ0) is 27.4. The van der Waals surface area contributed by atoms with E-state index in [1.807, 2.05) is 56.3 Å². The van der Waals surface area contributed by atoms with E-state index in [4.69, 9.17) is 9.47 Å². The number of benzene rings is 3. The van der Waals surface area contributed by atoms with Gasteiger partial charge in [0.05, 0.1) is 18.8 Å². The average Bonchev–Trinajstić information content (AvgIpc) is 3.13. The molecule has 0 saturated heterocycles. The van der Waals surface area contributed by atoms with E-state index < -0.39 is 15.8 Å². The molecule has 6 nitrogen and oxygen atoms in total. The van der Waals surface area contributed by atoms with Crippen molar-refractivity contribution in [2.75, 3.05) is 18.6 Å². The fourth-order valence-electron chi connectivity index (χ4n) is 5.15. The fraction of sp³-hybridized carbons (Fsp3) is 0.323.